The van der Waals surface area contributed by atoms with Crippen molar-refractivity contribution in [2.75, 3.05) is 0 Å². The SMILES string of the molecule is CCCCCCCCCCCCCCCCCCCCCC=C[C]C=CCCCCCCCCCCCCCCCCCCCCC. The molecule has 0 aromatic rings. The molecule has 0 unspecified atom stereocenters. The fourth-order valence-electron chi connectivity index (χ4n) is 7.04. The van der Waals surface area contributed by atoms with Crippen LogP contribution in [0.25, 0.3) is 0 Å². The smallest absolute Gasteiger partial charge is 0.0337 e. The van der Waals surface area contributed by atoms with E-state index in [0.29, 0.717) is 0 Å². The zero-order valence-corrected chi connectivity index (χ0v) is 33.1. The van der Waals surface area contributed by atoms with Crippen LogP contribution in [0.5, 0.6) is 0 Å². The van der Waals surface area contributed by atoms with Gasteiger partial charge >= 0.3 is 0 Å². The molecule has 0 nitrogen and oxygen atoms in total. The Hall–Kier alpha value is -0.520. The zero-order valence-electron chi connectivity index (χ0n) is 33.1. The van der Waals surface area contributed by atoms with Crippen molar-refractivity contribution in [3.8, 4) is 0 Å². The second-order valence-corrected chi connectivity index (χ2v) is 15.3. The molecule has 0 saturated carbocycles. The van der Waals surface area contributed by atoms with Gasteiger partial charge in [-0.1, -0.05) is 269 Å². The lowest BCUT2D eigenvalue weighted by Crippen LogP contribution is -1.84. The number of rotatable bonds is 42. The molecule has 0 aliphatic rings. The third-order valence-corrected chi connectivity index (χ3v) is 10.4. The number of unbranched alkanes of at least 4 members (excludes halogenated alkanes) is 38. The molecule has 278 valence electrons. The molecule has 0 bridgehead atoms. The molecule has 0 saturated heterocycles. The Kier molecular flexibility index (Phi) is 45.0. The summed E-state index contributed by atoms with van der Waals surface area (Å²) in [5, 5.41) is 0. The first kappa shape index (κ1) is 46.5. The van der Waals surface area contributed by atoms with E-state index in [4.69, 9.17) is 0 Å². The lowest BCUT2D eigenvalue weighted by molar-refractivity contribution is 0.523. The molecule has 0 fully saturated rings. The van der Waals surface area contributed by atoms with E-state index in [2.05, 4.69) is 44.6 Å². The quantitative estimate of drug-likeness (QED) is 0.0575. The fourth-order valence-corrected chi connectivity index (χ4v) is 7.04. The minimum Gasteiger partial charge on any atom is -0.0876 e. The number of hydrogen-bond donors (Lipinski definition) is 0. The van der Waals surface area contributed by atoms with Crippen molar-refractivity contribution in [3.05, 3.63) is 30.7 Å². The van der Waals surface area contributed by atoms with Crippen molar-refractivity contribution in [1.82, 2.24) is 0 Å². The Labute approximate surface area is 300 Å². The van der Waals surface area contributed by atoms with Gasteiger partial charge in [0, 0.05) is 6.42 Å². The first-order valence-corrected chi connectivity index (χ1v) is 22.5. The van der Waals surface area contributed by atoms with E-state index in [1.807, 2.05) is 0 Å². The highest BCUT2D eigenvalue weighted by Gasteiger charge is 1.97. The highest BCUT2D eigenvalue weighted by atomic mass is 14.0. The molecule has 0 heteroatoms. The Morgan fingerprint density at radius 1 is 0.234 bits per heavy atom. The fraction of sp³-hybridized carbons (Fsp3) is 0.894. The van der Waals surface area contributed by atoms with Crippen molar-refractivity contribution in [1.29, 1.82) is 0 Å². The third kappa shape index (κ3) is 45.5. The molecule has 2 radical (unpaired) electrons. The van der Waals surface area contributed by atoms with Crippen LogP contribution in [0.1, 0.15) is 271 Å². The van der Waals surface area contributed by atoms with Crippen molar-refractivity contribution < 1.29 is 0 Å². The standard InChI is InChI=1S/C47H90/c1-3-5-7-9-11-13-15-17-19-21-23-25-27-29-31-33-35-37-39-41-43-45-47-46-44-42-40-38-36-34-32-30-28-26-24-22-20-18-16-14-12-10-8-6-4-2/h43-46H,3-42H2,1-2H3. The summed E-state index contributed by atoms with van der Waals surface area (Å²) < 4.78 is 0. The Balaban J connectivity index is 3.14. The summed E-state index contributed by atoms with van der Waals surface area (Å²) in [6.45, 7) is 4.61. The molecule has 0 rings (SSSR count). The minimum atomic E-state index is 1.22. The van der Waals surface area contributed by atoms with E-state index in [-0.39, 0.29) is 0 Å². The van der Waals surface area contributed by atoms with Crippen LogP contribution in [0.4, 0.5) is 0 Å². The molecule has 0 spiro atoms. The van der Waals surface area contributed by atoms with Gasteiger partial charge < -0.3 is 0 Å². The topological polar surface area (TPSA) is 0 Å². The third-order valence-electron chi connectivity index (χ3n) is 10.4. The Bertz CT molecular complexity index is 521. The summed E-state index contributed by atoms with van der Waals surface area (Å²) in [6.07, 6.45) is 69.9. The van der Waals surface area contributed by atoms with Gasteiger partial charge in [0.05, 0.1) is 0 Å². The first-order valence-electron chi connectivity index (χ1n) is 22.5. The summed E-state index contributed by atoms with van der Waals surface area (Å²) in [6, 6.07) is 0. The van der Waals surface area contributed by atoms with Gasteiger partial charge in [0.15, 0.2) is 0 Å². The lowest BCUT2D eigenvalue weighted by atomic mass is 10.0. The van der Waals surface area contributed by atoms with E-state index in [0.717, 1.165) is 0 Å². The molecule has 0 atom stereocenters. The van der Waals surface area contributed by atoms with Crippen molar-refractivity contribution in [2.24, 2.45) is 0 Å². The summed E-state index contributed by atoms with van der Waals surface area (Å²) in [5.74, 6) is 0. The molecular formula is C47H90. The van der Waals surface area contributed by atoms with E-state index in [1.165, 1.54) is 257 Å². The summed E-state index contributed by atoms with van der Waals surface area (Å²) >= 11 is 0. The average molecular weight is 655 g/mol. The molecule has 0 aromatic heterocycles. The molecule has 0 N–H and O–H groups in total. The van der Waals surface area contributed by atoms with Crippen LogP contribution in [0.3, 0.4) is 0 Å². The maximum atomic E-state index is 3.35. The predicted octanol–water partition coefficient (Wildman–Crippen LogP) is 17.8. The lowest BCUT2D eigenvalue weighted by Gasteiger charge is -2.04. The largest absolute Gasteiger partial charge is 0.0876 e. The van der Waals surface area contributed by atoms with E-state index in [1.54, 1.807) is 0 Å². The van der Waals surface area contributed by atoms with Crippen LogP contribution < -0.4 is 0 Å². The highest BCUT2D eigenvalue weighted by Crippen LogP contribution is 2.16. The maximum Gasteiger partial charge on any atom is 0.0337 e. The normalized spacial score (nSPS) is 12.0. The van der Waals surface area contributed by atoms with E-state index in [9.17, 15) is 0 Å². The molecule has 0 aliphatic heterocycles. The molecule has 0 aromatic carbocycles. The Morgan fingerprint density at radius 2 is 0.404 bits per heavy atom. The van der Waals surface area contributed by atoms with Gasteiger partial charge in [0.1, 0.15) is 0 Å². The summed E-state index contributed by atoms with van der Waals surface area (Å²) in [4.78, 5) is 0. The number of allylic oxidation sites excluding steroid dienone is 4. The van der Waals surface area contributed by atoms with Gasteiger partial charge in [-0.3, -0.25) is 0 Å². The number of hydrogen-bond acceptors (Lipinski definition) is 0. The van der Waals surface area contributed by atoms with Crippen molar-refractivity contribution >= 4 is 0 Å². The van der Waals surface area contributed by atoms with Gasteiger partial charge in [0.25, 0.3) is 0 Å². The monoisotopic (exact) mass is 655 g/mol. The van der Waals surface area contributed by atoms with Gasteiger partial charge in [-0.25, -0.2) is 0 Å². The van der Waals surface area contributed by atoms with Crippen LogP contribution in [0.2, 0.25) is 0 Å². The minimum absolute atomic E-state index is 1.22. The highest BCUT2D eigenvalue weighted by molar-refractivity contribution is 5.08. The Morgan fingerprint density at radius 3 is 0.596 bits per heavy atom. The second kappa shape index (κ2) is 45.5. The summed E-state index contributed by atoms with van der Waals surface area (Å²) in [5.41, 5.74) is 0. The second-order valence-electron chi connectivity index (χ2n) is 15.3. The van der Waals surface area contributed by atoms with Gasteiger partial charge in [-0.2, -0.15) is 0 Å². The molecule has 0 amide bonds. The average Bonchev–Trinajstić information content (AvgIpc) is 3.08. The molecule has 0 aliphatic carbocycles. The first-order chi connectivity index (χ1) is 23.4. The maximum absolute atomic E-state index is 3.35. The van der Waals surface area contributed by atoms with Crippen LogP contribution in [-0.4, -0.2) is 0 Å². The zero-order chi connectivity index (χ0) is 33.8. The van der Waals surface area contributed by atoms with E-state index < -0.39 is 0 Å². The van der Waals surface area contributed by atoms with Crippen LogP contribution >= 0.6 is 0 Å². The predicted molar refractivity (Wildman–Crippen MR) is 218 cm³/mol. The van der Waals surface area contributed by atoms with Gasteiger partial charge in [-0.15, -0.1) is 0 Å². The van der Waals surface area contributed by atoms with Crippen LogP contribution in [0, 0.1) is 6.42 Å². The van der Waals surface area contributed by atoms with Gasteiger partial charge in [0.2, 0.25) is 0 Å². The summed E-state index contributed by atoms with van der Waals surface area (Å²) in [7, 11) is 0. The molecular weight excluding hydrogens is 565 g/mol. The van der Waals surface area contributed by atoms with E-state index >= 15 is 0 Å². The van der Waals surface area contributed by atoms with Crippen LogP contribution in [-0.2, 0) is 0 Å². The van der Waals surface area contributed by atoms with Gasteiger partial charge in [-0.05, 0) is 25.7 Å². The molecule has 47 heavy (non-hydrogen) atoms. The van der Waals surface area contributed by atoms with Crippen molar-refractivity contribution in [2.45, 2.75) is 271 Å². The van der Waals surface area contributed by atoms with Crippen LogP contribution in [0.15, 0.2) is 24.3 Å². The molecule has 0 heterocycles. The van der Waals surface area contributed by atoms with Crippen molar-refractivity contribution in [3.63, 3.8) is 0 Å².